The highest BCUT2D eigenvalue weighted by atomic mass is 32.2. The SMILES string of the molecule is C=C(C)C(=O)OCSc1cccc2ccccc12. The van der Waals surface area contributed by atoms with Crippen molar-refractivity contribution in [2.75, 3.05) is 5.94 Å². The van der Waals surface area contributed by atoms with Crippen molar-refractivity contribution in [2.45, 2.75) is 11.8 Å². The summed E-state index contributed by atoms with van der Waals surface area (Å²) in [6, 6.07) is 14.3. The molecule has 0 unspecified atom stereocenters. The first kappa shape index (κ1) is 12.7. The predicted octanol–water partition coefficient (Wildman–Crippen LogP) is 4.01. The van der Waals surface area contributed by atoms with Crippen LogP contribution in [0.4, 0.5) is 0 Å². The van der Waals surface area contributed by atoms with Crippen LogP contribution in [0.15, 0.2) is 59.5 Å². The second-order valence-electron chi connectivity index (χ2n) is 3.95. The van der Waals surface area contributed by atoms with Gasteiger partial charge in [-0.1, -0.05) is 54.7 Å². The van der Waals surface area contributed by atoms with Crippen molar-refractivity contribution in [2.24, 2.45) is 0 Å². The molecule has 92 valence electrons. The average Bonchev–Trinajstić information content (AvgIpc) is 2.38. The van der Waals surface area contributed by atoms with Gasteiger partial charge in [0.15, 0.2) is 0 Å². The minimum Gasteiger partial charge on any atom is -0.451 e. The first-order valence-electron chi connectivity index (χ1n) is 5.61. The van der Waals surface area contributed by atoms with Gasteiger partial charge in [-0.05, 0) is 23.8 Å². The van der Waals surface area contributed by atoms with Gasteiger partial charge >= 0.3 is 5.97 Å². The van der Waals surface area contributed by atoms with Crippen LogP contribution in [0.1, 0.15) is 6.92 Å². The Bertz CT molecular complexity index is 585. The van der Waals surface area contributed by atoms with Gasteiger partial charge in [0.05, 0.1) is 0 Å². The molecule has 0 radical (unpaired) electrons. The second-order valence-corrected chi connectivity index (χ2v) is 4.92. The summed E-state index contributed by atoms with van der Waals surface area (Å²) in [5.41, 5.74) is 0.425. The Kier molecular flexibility index (Phi) is 4.05. The Labute approximate surface area is 111 Å². The number of ether oxygens (including phenoxy) is 1. The van der Waals surface area contributed by atoms with E-state index in [0.717, 1.165) is 4.90 Å². The summed E-state index contributed by atoms with van der Waals surface area (Å²) < 4.78 is 5.08. The van der Waals surface area contributed by atoms with E-state index in [1.165, 1.54) is 22.5 Å². The molecule has 0 atom stereocenters. The number of esters is 1. The maximum atomic E-state index is 11.3. The van der Waals surface area contributed by atoms with Crippen LogP contribution in [-0.4, -0.2) is 11.9 Å². The number of fused-ring (bicyclic) bond motifs is 1. The summed E-state index contributed by atoms with van der Waals surface area (Å²) in [6.45, 7) is 5.19. The molecule has 0 amide bonds. The van der Waals surface area contributed by atoms with E-state index in [9.17, 15) is 4.79 Å². The van der Waals surface area contributed by atoms with Crippen molar-refractivity contribution in [1.82, 2.24) is 0 Å². The van der Waals surface area contributed by atoms with Crippen molar-refractivity contribution >= 4 is 28.5 Å². The minimum absolute atomic E-state index is 0.305. The predicted molar refractivity (Wildman–Crippen MR) is 75.6 cm³/mol. The lowest BCUT2D eigenvalue weighted by Crippen LogP contribution is -2.03. The molecule has 0 heterocycles. The van der Waals surface area contributed by atoms with Crippen molar-refractivity contribution < 1.29 is 9.53 Å². The summed E-state index contributed by atoms with van der Waals surface area (Å²) in [5.74, 6) is -0.0394. The van der Waals surface area contributed by atoms with Crippen molar-refractivity contribution in [3.05, 3.63) is 54.6 Å². The number of hydrogen-bond donors (Lipinski definition) is 0. The molecule has 2 rings (SSSR count). The number of benzene rings is 2. The minimum atomic E-state index is -0.345. The summed E-state index contributed by atoms with van der Waals surface area (Å²) in [6.07, 6.45) is 0. The summed E-state index contributed by atoms with van der Waals surface area (Å²) in [5, 5.41) is 2.37. The van der Waals surface area contributed by atoms with Crippen LogP contribution in [0.3, 0.4) is 0 Å². The van der Waals surface area contributed by atoms with E-state index in [1.807, 2.05) is 24.3 Å². The highest BCUT2D eigenvalue weighted by Crippen LogP contribution is 2.27. The maximum absolute atomic E-state index is 11.3. The maximum Gasteiger partial charge on any atom is 0.333 e. The smallest absolute Gasteiger partial charge is 0.333 e. The normalized spacial score (nSPS) is 10.3. The van der Waals surface area contributed by atoms with Gasteiger partial charge in [0.2, 0.25) is 0 Å². The highest BCUT2D eigenvalue weighted by molar-refractivity contribution is 7.99. The van der Waals surface area contributed by atoms with Gasteiger partial charge in [-0.25, -0.2) is 4.79 Å². The molecule has 0 aliphatic rings. The standard InChI is InChI=1S/C15H14O2S/c1-11(2)15(16)17-10-18-14-9-5-7-12-6-3-4-8-13(12)14/h3-9H,1,10H2,2H3. The number of carbonyl (C=O) groups excluding carboxylic acids is 1. The fourth-order valence-corrected chi connectivity index (χ4v) is 2.40. The van der Waals surface area contributed by atoms with Crippen LogP contribution < -0.4 is 0 Å². The molecule has 0 saturated carbocycles. The molecule has 2 nitrogen and oxygen atoms in total. The Morgan fingerprint density at radius 1 is 1.22 bits per heavy atom. The summed E-state index contributed by atoms with van der Waals surface area (Å²) in [7, 11) is 0. The fraction of sp³-hybridized carbons (Fsp3) is 0.133. The molecule has 0 bridgehead atoms. The van der Waals surface area contributed by atoms with Crippen LogP contribution in [-0.2, 0) is 9.53 Å². The van der Waals surface area contributed by atoms with Gasteiger partial charge in [0, 0.05) is 10.5 Å². The molecule has 0 spiro atoms. The van der Waals surface area contributed by atoms with E-state index in [4.69, 9.17) is 4.74 Å². The fourth-order valence-electron chi connectivity index (χ4n) is 1.59. The third kappa shape index (κ3) is 2.93. The van der Waals surface area contributed by atoms with E-state index in [0.29, 0.717) is 11.5 Å². The Morgan fingerprint density at radius 2 is 1.94 bits per heavy atom. The van der Waals surface area contributed by atoms with Gasteiger partial charge in [-0.3, -0.25) is 0 Å². The van der Waals surface area contributed by atoms with Crippen LogP contribution in [0, 0.1) is 0 Å². The molecule has 18 heavy (non-hydrogen) atoms. The molecule has 3 heteroatoms. The van der Waals surface area contributed by atoms with Gasteiger partial charge < -0.3 is 4.74 Å². The Morgan fingerprint density at radius 3 is 2.72 bits per heavy atom. The zero-order chi connectivity index (χ0) is 13.0. The molecule has 2 aromatic rings. The van der Waals surface area contributed by atoms with Crippen molar-refractivity contribution in [3.63, 3.8) is 0 Å². The molecular weight excluding hydrogens is 244 g/mol. The van der Waals surface area contributed by atoms with E-state index >= 15 is 0 Å². The number of hydrogen-bond acceptors (Lipinski definition) is 3. The Hall–Kier alpha value is -1.74. The van der Waals surface area contributed by atoms with Crippen molar-refractivity contribution in [1.29, 1.82) is 0 Å². The van der Waals surface area contributed by atoms with Gasteiger partial charge in [-0.15, -0.1) is 0 Å². The number of rotatable bonds is 4. The van der Waals surface area contributed by atoms with Crippen molar-refractivity contribution in [3.8, 4) is 0 Å². The Balaban J connectivity index is 2.08. The first-order chi connectivity index (χ1) is 8.68. The van der Waals surface area contributed by atoms with E-state index in [1.54, 1.807) is 6.92 Å². The van der Waals surface area contributed by atoms with E-state index < -0.39 is 0 Å². The quantitative estimate of drug-likeness (QED) is 0.359. The van der Waals surface area contributed by atoms with Crippen LogP contribution in [0.25, 0.3) is 10.8 Å². The van der Waals surface area contributed by atoms with E-state index in [-0.39, 0.29) is 5.97 Å². The molecule has 0 N–H and O–H groups in total. The lowest BCUT2D eigenvalue weighted by atomic mass is 10.1. The molecule has 0 aliphatic carbocycles. The lowest BCUT2D eigenvalue weighted by molar-refractivity contribution is -0.136. The topological polar surface area (TPSA) is 26.3 Å². The average molecular weight is 258 g/mol. The van der Waals surface area contributed by atoms with Gasteiger partial charge in [-0.2, -0.15) is 0 Å². The monoisotopic (exact) mass is 258 g/mol. The molecule has 0 aromatic heterocycles. The zero-order valence-electron chi connectivity index (χ0n) is 10.2. The van der Waals surface area contributed by atoms with E-state index in [2.05, 4.69) is 24.8 Å². The molecular formula is C15H14O2S. The van der Waals surface area contributed by atoms with Gasteiger partial charge in [0.25, 0.3) is 0 Å². The molecule has 2 aromatic carbocycles. The van der Waals surface area contributed by atoms with Gasteiger partial charge in [0.1, 0.15) is 5.94 Å². The number of thioether (sulfide) groups is 1. The second kappa shape index (κ2) is 5.74. The molecule has 0 saturated heterocycles. The first-order valence-corrected chi connectivity index (χ1v) is 6.60. The van der Waals surface area contributed by atoms with Crippen LogP contribution in [0.5, 0.6) is 0 Å². The summed E-state index contributed by atoms with van der Waals surface area (Å²) in [4.78, 5) is 12.4. The molecule has 0 aliphatic heterocycles. The summed E-state index contributed by atoms with van der Waals surface area (Å²) >= 11 is 1.51. The molecule has 0 fully saturated rings. The largest absolute Gasteiger partial charge is 0.451 e. The highest BCUT2D eigenvalue weighted by Gasteiger charge is 2.05. The third-order valence-corrected chi connectivity index (χ3v) is 3.41. The number of carbonyl (C=O) groups is 1. The van der Waals surface area contributed by atoms with Crippen LogP contribution in [0.2, 0.25) is 0 Å². The lowest BCUT2D eigenvalue weighted by Gasteiger charge is -2.07. The zero-order valence-corrected chi connectivity index (χ0v) is 11.0. The third-order valence-electron chi connectivity index (χ3n) is 2.50. The van der Waals surface area contributed by atoms with Crippen LogP contribution >= 0.6 is 11.8 Å².